The van der Waals surface area contributed by atoms with Gasteiger partial charge in [0.2, 0.25) is 0 Å². The SMILES string of the molecule is CC(C)OC(=O)NC[P+](c1ccccc1)(c1ccccc1)c1ccccc1. The summed E-state index contributed by atoms with van der Waals surface area (Å²) in [6, 6.07) is 31.4. The minimum atomic E-state index is -2.06. The summed E-state index contributed by atoms with van der Waals surface area (Å²) in [6.07, 6.45) is -0.0172. The highest BCUT2D eigenvalue weighted by Crippen LogP contribution is 2.54. The molecule has 27 heavy (non-hydrogen) atoms. The molecule has 0 radical (unpaired) electrons. The number of ether oxygens (including phenoxy) is 1. The van der Waals surface area contributed by atoms with E-state index in [-0.39, 0.29) is 12.2 Å². The van der Waals surface area contributed by atoms with Crippen LogP contribution in [0.5, 0.6) is 0 Å². The highest BCUT2D eigenvalue weighted by molar-refractivity contribution is 7.95. The van der Waals surface area contributed by atoms with Crippen LogP contribution in [0.25, 0.3) is 0 Å². The van der Waals surface area contributed by atoms with Crippen molar-refractivity contribution in [3.8, 4) is 0 Å². The van der Waals surface area contributed by atoms with E-state index in [9.17, 15) is 4.79 Å². The van der Waals surface area contributed by atoms with E-state index < -0.39 is 7.26 Å². The fraction of sp³-hybridized carbons (Fsp3) is 0.174. The molecule has 0 fully saturated rings. The molecule has 0 saturated carbocycles. The molecule has 1 N–H and O–H groups in total. The molecule has 138 valence electrons. The summed E-state index contributed by atoms with van der Waals surface area (Å²) in [5.41, 5.74) is 0. The van der Waals surface area contributed by atoms with Gasteiger partial charge in [-0.15, -0.1) is 0 Å². The fourth-order valence-corrected chi connectivity index (χ4v) is 7.06. The molecular formula is C23H25NO2P+. The third-order valence-electron chi connectivity index (χ3n) is 4.39. The molecule has 0 saturated heterocycles. The number of alkyl carbamates (subject to hydrolysis) is 1. The highest BCUT2D eigenvalue weighted by atomic mass is 31.2. The highest BCUT2D eigenvalue weighted by Gasteiger charge is 2.45. The van der Waals surface area contributed by atoms with Gasteiger partial charge in [0.25, 0.3) is 0 Å². The van der Waals surface area contributed by atoms with Gasteiger partial charge in [0.05, 0.1) is 6.10 Å². The average molecular weight is 378 g/mol. The molecule has 0 aliphatic heterocycles. The number of carbonyl (C=O) groups is 1. The molecule has 1 amide bonds. The minimum absolute atomic E-state index is 0.150. The molecule has 4 heteroatoms. The Kier molecular flexibility index (Phi) is 6.26. The monoisotopic (exact) mass is 378 g/mol. The lowest BCUT2D eigenvalue weighted by Crippen LogP contribution is -2.40. The summed E-state index contributed by atoms with van der Waals surface area (Å²) in [7, 11) is -2.06. The van der Waals surface area contributed by atoms with Crippen LogP contribution in [-0.2, 0) is 4.74 Å². The Balaban J connectivity index is 2.12. The van der Waals surface area contributed by atoms with Gasteiger partial charge in [-0.3, -0.25) is 5.32 Å². The van der Waals surface area contributed by atoms with E-state index in [0.29, 0.717) is 6.29 Å². The van der Waals surface area contributed by atoms with Crippen LogP contribution in [0.2, 0.25) is 0 Å². The van der Waals surface area contributed by atoms with Crippen LogP contribution in [-0.4, -0.2) is 18.5 Å². The number of carbonyl (C=O) groups excluding carboxylic acids is 1. The van der Waals surface area contributed by atoms with E-state index in [1.165, 1.54) is 15.9 Å². The van der Waals surface area contributed by atoms with Gasteiger partial charge in [0.1, 0.15) is 29.5 Å². The van der Waals surface area contributed by atoms with Crippen molar-refractivity contribution in [3.63, 3.8) is 0 Å². The maximum absolute atomic E-state index is 12.3. The van der Waals surface area contributed by atoms with Crippen molar-refractivity contribution < 1.29 is 9.53 Å². The predicted molar refractivity (Wildman–Crippen MR) is 115 cm³/mol. The van der Waals surface area contributed by atoms with Crippen LogP contribution in [0, 0.1) is 0 Å². The average Bonchev–Trinajstić information content (AvgIpc) is 2.70. The van der Waals surface area contributed by atoms with E-state index in [1.807, 2.05) is 32.0 Å². The molecule has 0 aliphatic carbocycles. The van der Waals surface area contributed by atoms with Gasteiger partial charge in [-0.1, -0.05) is 54.6 Å². The van der Waals surface area contributed by atoms with Crippen molar-refractivity contribution in [3.05, 3.63) is 91.0 Å². The van der Waals surface area contributed by atoms with Crippen LogP contribution in [0.4, 0.5) is 4.79 Å². The minimum Gasteiger partial charge on any atom is -0.447 e. The summed E-state index contributed by atoms with van der Waals surface area (Å²) in [5, 5.41) is 6.73. The summed E-state index contributed by atoms with van der Waals surface area (Å²) >= 11 is 0. The Morgan fingerprint density at radius 1 is 0.778 bits per heavy atom. The van der Waals surface area contributed by atoms with Crippen molar-refractivity contribution in [2.45, 2.75) is 20.0 Å². The van der Waals surface area contributed by atoms with E-state index in [0.717, 1.165) is 0 Å². The number of hydrogen-bond donors (Lipinski definition) is 1. The maximum atomic E-state index is 12.3. The standard InChI is InChI=1S/C23H24NO2P/c1-19(2)26-23(25)24-18-27(20-12-6-3-7-13-20,21-14-8-4-9-15-21)22-16-10-5-11-17-22/h3-17,19H,18H2,1-2H3/p+1. The van der Waals surface area contributed by atoms with Crippen molar-refractivity contribution in [2.24, 2.45) is 0 Å². The zero-order valence-electron chi connectivity index (χ0n) is 15.7. The van der Waals surface area contributed by atoms with Crippen molar-refractivity contribution in [2.75, 3.05) is 6.29 Å². The third kappa shape index (κ3) is 4.37. The summed E-state index contributed by atoms with van der Waals surface area (Å²) < 4.78 is 5.32. The quantitative estimate of drug-likeness (QED) is 0.657. The fourth-order valence-electron chi connectivity index (χ4n) is 3.21. The molecule has 0 heterocycles. The van der Waals surface area contributed by atoms with Gasteiger partial charge in [-0.05, 0) is 50.2 Å². The van der Waals surface area contributed by atoms with Gasteiger partial charge >= 0.3 is 6.09 Å². The van der Waals surface area contributed by atoms with Crippen LogP contribution in [0.15, 0.2) is 91.0 Å². The van der Waals surface area contributed by atoms with Crippen molar-refractivity contribution in [1.82, 2.24) is 5.32 Å². The molecule has 3 aromatic carbocycles. The van der Waals surface area contributed by atoms with Crippen LogP contribution in [0.1, 0.15) is 13.8 Å². The van der Waals surface area contributed by atoms with Crippen molar-refractivity contribution in [1.29, 1.82) is 0 Å². The van der Waals surface area contributed by atoms with Gasteiger partial charge in [0.15, 0.2) is 0 Å². The first-order chi connectivity index (χ1) is 13.1. The number of benzene rings is 3. The van der Waals surface area contributed by atoms with E-state index in [1.54, 1.807) is 0 Å². The van der Waals surface area contributed by atoms with E-state index in [2.05, 4.69) is 78.1 Å². The normalized spacial score (nSPS) is 11.2. The topological polar surface area (TPSA) is 38.3 Å². The van der Waals surface area contributed by atoms with Crippen LogP contribution < -0.4 is 21.2 Å². The van der Waals surface area contributed by atoms with Crippen molar-refractivity contribution >= 4 is 29.3 Å². The number of hydrogen-bond acceptors (Lipinski definition) is 2. The molecule has 0 unspecified atom stereocenters. The second-order valence-electron chi connectivity index (χ2n) is 6.61. The molecular weight excluding hydrogens is 353 g/mol. The molecule has 3 rings (SSSR count). The lowest BCUT2D eigenvalue weighted by atomic mass is 10.4. The number of rotatable bonds is 6. The summed E-state index contributed by atoms with van der Waals surface area (Å²) in [6.45, 7) is 3.71. The molecule has 0 bridgehead atoms. The van der Waals surface area contributed by atoms with Gasteiger partial charge in [-0.25, -0.2) is 4.79 Å². The lowest BCUT2D eigenvalue weighted by Gasteiger charge is -2.27. The van der Waals surface area contributed by atoms with Gasteiger partial charge < -0.3 is 4.74 Å². The van der Waals surface area contributed by atoms with E-state index >= 15 is 0 Å². The second-order valence-corrected chi connectivity index (χ2v) is 10.1. The lowest BCUT2D eigenvalue weighted by molar-refractivity contribution is 0.117. The van der Waals surface area contributed by atoms with Gasteiger partial charge in [0, 0.05) is 0 Å². The van der Waals surface area contributed by atoms with Gasteiger partial charge in [-0.2, -0.15) is 0 Å². The Morgan fingerprint density at radius 2 is 1.15 bits per heavy atom. The first-order valence-corrected chi connectivity index (χ1v) is 11.1. The Bertz CT molecular complexity index is 755. The van der Waals surface area contributed by atoms with Crippen LogP contribution in [0.3, 0.4) is 0 Å². The largest absolute Gasteiger partial charge is 0.447 e. The molecule has 0 aliphatic rings. The molecule has 3 nitrogen and oxygen atoms in total. The Labute approximate surface area is 161 Å². The Morgan fingerprint density at radius 3 is 1.48 bits per heavy atom. The summed E-state index contributed by atoms with van der Waals surface area (Å²) in [4.78, 5) is 12.3. The molecule has 3 aromatic rings. The smallest absolute Gasteiger partial charge is 0.410 e. The Hall–Kier alpha value is -2.64. The zero-order chi connectivity index (χ0) is 19.1. The number of amides is 1. The first-order valence-electron chi connectivity index (χ1n) is 9.12. The first kappa shape index (κ1) is 19.1. The molecule has 0 spiro atoms. The molecule has 0 atom stereocenters. The summed E-state index contributed by atoms with van der Waals surface area (Å²) in [5.74, 6) is 0. The maximum Gasteiger partial charge on any atom is 0.410 e. The van der Waals surface area contributed by atoms with Crippen LogP contribution >= 0.6 is 7.26 Å². The second kappa shape index (κ2) is 8.83. The third-order valence-corrected chi connectivity index (χ3v) is 8.57. The molecule has 0 aromatic heterocycles. The predicted octanol–water partition coefficient (Wildman–Crippen LogP) is 4.07. The van der Waals surface area contributed by atoms with E-state index in [4.69, 9.17) is 4.74 Å². The number of nitrogens with one attached hydrogen (secondary N) is 1. The zero-order valence-corrected chi connectivity index (χ0v) is 16.6.